The maximum absolute atomic E-state index is 13.2. The maximum atomic E-state index is 13.2. The molecular formula is C71H80BF2IrN4O2-. The van der Waals surface area contributed by atoms with Crippen molar-refractivity contribution in [1.29, 1.82) is 0 Å². The quantitative estimate of drug-likeness (QED) is 0.140. The summed E-state index contributed by atoms with van der Waals surface area (Å²) in [7, 11) is 0. The van der Waals surface area contributed by atoms with Gasteiger partial charge in [-0.2, -0.15) is 0 Å². The summed E-state index contributed by atoms with van der Waals surface area (Å²) >= 11 is 0. The van der Waals surface area contributed by atoms with Crippen molar-refractivity contribution >= 4 is 63.2 Å². The largest absolute Gasteiger partial charge is 0.477 e. The van der Waals surface area contributed by atoms with Crippen molar-refractivity contribution in [3.8, 4) is 11.3 Å². The van der Waals surface area contributed by atoms with Crippen molar-refractivity contribution < 1.29 is 38.8 Å². The second kappa shape index (κ2) is 22.9. The van der Waals surface area contributed by atoms with E-state index in [1.807, 2.05) is 0 Å². The SMILES string of the molecule is CC(C)(C)c1cc(N2c3cc(C(C)(C)C)ccc3B3c4ccc(C(C)(C)C)cc4N(c4cc(C(C)(C)C)cc(C(C)(C)C)c4)c4cccc2c43)cc(C(C)(C)C)c1.Fc1c[c-]c(-c2ccccn2)c(F)c1.O=C(O)c1ccccn1.[Ir]. The van der Waals surface area contributed by atoms with Crippen LogP contribution in [0.3, 0.4) is 0 Å². The molecule has 0 spiro atoms. The van der Waals surface area contributed by atoms with Gasteiger partial charge < -0.3 is 19.9 Å². The van der Waals surface area contributed by atoms with Gasteiger partial charge in [-0.1, -0.05) is 197 Å². The molecule has 2 aromatic heterocycles. The molecule has 0 amide bonds. The topological polar surface area (TPSA) is 69.6 Å². The maximum Gasteiger partial charge on any atom is 0.354 e. The van der Waals surface area contributed by atoms with E-state index in [4.69, 9.17) is 5.11 Å². The van der Waals surface area contributed by atoms with Gasteiger partial charge in [0.25, 0.3) is 6.71 Å². The third-order valence-electron chi connectivity index (χ3n) is 15.2. The van der Waals surface area contributed by atoms with Crippen molar-refractivity contribution in [2.75, 3.05) is 9.80 Å². The third kappa shape index (κ3) is 13.5. The van der Waals surface area contributed by atoms with Gasteiger partial charge in [-0.05, 0) is 155 Å². The number of nitrogens with zero attached hydrogens (tertiary/aromatic N) is 4. The summed E-state index contributed by atoms with van der Waals surface area (Å²) in [6, 6.07) is 50.8. The molecule has 8 aromatic rings. The fraction of sp³-hybridized carbons (Fsp3) is 0.338. The van der Waals surface area contributed by atoms with Gasteiger partial charge in [-0.15, -0.1) is 12.1 Å². The number of halogens is 2. The Morgan fingerprint density at radius 1 is 0.469 bits per heavy atom. The third-order valence-corrected chi connectivity index (χ3v) is 15.2. The molecule has 10 rings (SSSR count). The predicted octanol–water partition coefficient (Wildman–Crippen LogP) is 17.2. The number of benzene rings is 6. The van der Waals surface area contributed by atoms with E-state index in [1.54, 1.807) is 36.5 Å². The van der Waals surface area contributed by atoms with E-state index in [9.17, 15) is 13.6 Å². The van der Waals surface area contributed by atoms with Gasteiger partial charge in [0, 0.05) is 78.3 Å². The molecule has 6 nitrogen and oxygen atoms in total. The van der Waals surface area contributed by atoms with Crippen LogP contribution < -0.4 is 26.2 Å². The van der Waals surface area contributed by atoms with Gasteiger partial charge in [0.15, 0.2) is 0 Å². The Kier molecular flexibility index (Phi) is 17.5. The van der Waals surface area contributed by atoms with Gasteiger partial charge >= 0.3 is 5.97 Å². The van der Waals surface area contributed by atoms with Crippen LogP contribution >= 0.6 is 0 Å². The number of aromatic carboxylic acids is 1. The molecule has 0 bridgehead atoms. The average molecular weight is 1260 g/mol. The number of carboxylic acid groups (broad SMARTS) is 1. The number of rotatable bonds is 4. The van der Waals surface area contributed by atoms with E-state index in [1.165, 1.54) is 96.2 Å². The van der Waals surface area contributed by atoms with Crippen LogP contribution in [-0.2, 0) is 52.6 Å². The minimum absolute atomic E-state index is 0. The van der Waals surface area contributed by atoms with Crippen LogP contribution in [0.1, 0.15) is 168 Å². The van der Waals surface area contributed by atoms with Gasteiger partial charge in [-0.3, -0.25) is 8.78 Å². The van der Waals surface area contributed by atoms with E-state index in [0.717, 1.165) is 12.1 Å². The van der Waals surface area contributed by atoms with Gasteiger partial charge in [0.2, 0.25) is 0 Å². The van der Waals surface area contributed by atoms with Gasteiger partial charge in [-0.25, -0.2) is 9.78 Å². The van der Waals surface area contributed by atoms with Crippen LogP contribution in [0.15, 0.2) is 152 Å². The zero-order valence-corrected chi connectivity index (χ0v) is 53.1. The minimum Gasteiger partial charge on any atom is -0.477 e. The number of carbonyl (C=O) groups is 1. The molecule has 2 aliphatic rings. The molecule has 1 radical (unpaired) electrons. The first-order valence-corrected chi connectivity index (χ1v) is 27.9. The summed E-state index contributed by atoms with van der Waals surface area (Å²) in [6.07, 6.45) is 3.00. The molecule has 0 saturated carbocycles. The first-order chi connectivity index (χ1) is 37.1. The first kappa shape index (κ1) is 61.9. The molecule has 4 heterocycles. The smallest absolute Gasteiger partial charge is 0.354 e. The Hall–Kier alpha value is -6.74. The summed E-state index contributed by atoms with van der Waals surface area (Å²) in [5, 5.41) is 8.32. The molecule has 0 atom stereocenters. The predicted molar refractivity (Wildman–Crippen MR) is 332 cm³/mol. The second-order valence-electron chi connectivity index (χ2n) is 27.7. The fourth-order valence-electron chi connectivity index (χ4n) is 10.3. The van der Waals surface area contributed by atoms with Gasteiger partial charge in [0.05, 0.1) is 0 Å². The summed E-state index contributed by atoms with van der Waals surface area (Å²) in [6.45, 7) is 42.3. The number of hydrogen-bond donors (Lipinski definition) is 1. The van der Waals surface area contributed by atoms with Crippen molar-refractivity contribution in [3.05, 3.63) is 209 Å². The van der Waals surface area contributed by atoms with Crippen LogP contribution in [0.2, 0.25) is 0 Å². The fourth-order valence-corrected chi connectivity index (χ4v) is 10.3. The first-order valence-electron chi connectivity index (χ1n) is 27.9. The summed E-state index contributed by atoms with van der Waals surface area (Å²) in [5.41, 5.74) is 20.5. The summed E-state index contributed by atoms with van der Waals surface area (Å²) in [4.78, 5) is 22.9. The average Bonchev–Trinajstić information content (AvgIpc) is 3.39. The molecule has 0 unspecified atom stereocenters. The molecular weight excluding hydrogens is 1180 g/mol. The number of aromatic nitrogens is 2. The molecule has 0 aliphatic carbocycles. The molecule has 423 valence electrons. The van der Waals surface area contributed by atoms with E-state index in [0.29, 0.717) is 5.69 Å². The molecule has 0 saturated heterocycles. The normalized spacial score (nSPS) is 13.1. The van der Waals surface area contributed by atoms with E-state index >= 15 is 0 Å². The Bertz CT molecular complexity index is 3350. The van der Waals surface area contributed by atoms with Crippen molar-refractivity contribution in [2.45, 2.75) is 157 Å². The van der Waals surface area contributed by atoms with E-state index in [-0.39, 0.29) is 70.6 Å². The van der Waals surface area contributed by atoms with Crippen molar-refractivity contribution in [2.24, 2.45) is 0 Å². The number of hydrogen-bond acceptors (Lipinski definition) is 5. The summed E-state index contributed by atoms with van der Waals surface area (Å²) < 4.78 is 25.8. The zero-order chi connectivity index (χ0) is 58.7. The van der Waals surface area contributed by atoms with Crippen LogP contribution in [0.4, 0.5) is 42.9 Å². The van der Waals surface area contributed by atoms with Crippen molar-refractivity contribution in [3.63, 3.8) is 0 Å². The standard InChI is InChI=1S/C54H69BN2.C11H6F2N.C6H5NO2.Ir/c1-49(2,3)34-22-24-42-46(32-34)56(40-28-36(51(7,8)9)26-37(29-40)52(10,11)12)44-20-19-21-45-48(44)55(42)43-25-23-35(50(4,5)6)33-47(43)57(45)41-30-38(53(13,14)15)27-39(31-41)54(16,17)18;12-8-4-5-9(10(13)7-8)11-3-1-2-6-14-11;8-6(9)5-3-1-2-4-7-5;/h19-33H,1-18H3;1-4,6-7H;1-4H,(H,8,9);/q;-1;;. The van der Waals surface area contributed by atoms with Crippen LogP contribution in [-0.4, -0.2) is 27.8 Å². The molecule has 81 heavy (non-hydrogen) atoms. The summed E-state index contributed by atoms with van der Waals surface area (Å²) in [5.74, 6) is -2.28. The molecule has 2 aliphatic heterocycles. The van der Waals surface area contributed by atoms with E-state index < -0.39 is 17.6 Å². The monoisotopic (exact) mass is 1260 g/mol. The number of carboxylic acids is 1. The van der Waals surface area contributed by atoms with Crippen LogP contribution in [0.5, 0.6) is 0 Å². The molecule has 1 N–H and O–H groups in total. The Balaban J connectivity index is 0.000000323. The van der Waals surface area contributed by atoms with E-state index in [2.05, 4.69) is 241 Å². The van der Waals surface area contributed by atoms with Crippen LogP contribution in [0, 0.1) is 17.7 Å². The van der Waals surface area contributed by atoms with Gasteiger partial charge in [0.1, 0.15) is 5.69 Å². The zero-order valence-electron chi connectivity index (χ0n) is 50.7. The molecule has 6 aromatic carbocycles. The second-order valence-corrected chi connectivity index (χ2v) is 27.7. The van der Waals surface area contributed by atoms with Crippen molar-refractivity contribution in [1.82, 2.24) is 9.97 Å². The molecule has 0 fully saturated rings. The minimum atomic E-state index is -0.990. The number of anilines is 6. The Labute approximate surface area is 496 Å². The number of fused-ring (bicyclic) bond motifs is 4. The number of pyridine rings is 2. The Morgan fingerprint density at radius 2 is 0.877 bits per heavy atom. The van der Waals surface area contributed by atoms with Crippen LogP contribution in [0.25, 0.3) is 11.3 Å². The Morgan fingerprint density at radius 3 is 1.21 bits per heavy atom. The molecule has 10 heteroatoms.